The molecule has 0 radical (unpaired) electrons. The van der Waals surface area contributed by atoms with Gasteiger partial charge in [-0.25, -0.2) is 23.8 Å². The lowest BCUT2D eigenvalue weighted by Crippen LogP contribution is -2.40. The highest BCUT2D eigenvalue weighted by molar-refractivity contribution is 7.17. The van der Waals surface area contributed by atoms with Crippen molar-refractivity contribution in [2.24, 2.45) is 13.0 Å². The number of hydrogen-bond donors (Lipinski definition) is 0. The summed E-state index contributed by atoms with van der Waals surface area (Å²) < 4.78 is 20.7. The summed E-state index contributed by atoms with van der Waals surface area (Å²) in [7, 11) is 1.73. The molecule has 0 amide bonds. The van der Waals surface area contributed by atoms with Gasteiger partial charge in [0.15, 0.2) is 11.0 Å². The number of thiazole rings is 1. The number of rotatable bonds is 4. The minimum Gasteiger partial charge on any atom is -0.462 e. The SMILES string of the molecule is CCOC(=O)c1sc(N2CC[C@@H](C)[C@@H](F)C2)nc1-c1ncnn1C. The second kappa shape index (κ2) is 6.84. The summed E-state index contributed by atoms with van der Waals surface area (Å²) in [6, 6.07) is 0. The summed E-state index contributed by atoms with van der Waals surface area (Å²) in [5.74, 6) is 0.0908. The molecular weight excluding hydrogens is 333 g/mol. The maximum absolute atomic E-state index is 14.1. The van der Waals surface area contributed by atoms with Crippen molar-refractivity contribution < 1.29 is 13.9 Å². The van der Waals surface area contributed by atoms with Crippen LogP contribution in [0.2, 0.25) is 0 Å². The number of piperidine rings is 1. The quantitative estimate of drug-likeness (QED) is 0.786. The van der Waals surface area contributed by atoms with Gasteiger partial charge in [0.05, 0.1) is 13.2 Å². The van der Waals surface area contributed by atoms with Crippen molar-refractivity contribution in [1.82, 2.24) is 19.7 Å². The van der Waals surface area contributed by atoms with E-state index in [1.807, 2.05) is 11.8 Å². The Kier molecular flexibility index (Phi) is 4.79. The van der Waals surface area contributed by atoms with Crippen LogP contribution < -0.4 is 4.90 Å². The lowest BCUT2D eigenvalue weighted by molar-refractivity contribution is 0.0532. The molecule has 1 aliphatic heterocycles. The molecule has 2 aromatic rings. The summed E-state index contributed by atoms with van der Waals surface area (Å²) >= 11 is 1.22. The standard InChI is InChI=1S/C15H20FN5O2S/c1-4-23-14(22)12-11(13-17-8-18-20(13)3)19-15(24-12)21-6-5-9(2)10(16)7-21/h8-10H,4-7H2,1-3H3/t9-,10+/m1/s1. The first kappa shape index (κ1) is 16.8. The number of alkyl halides is 1. The van der Waals surface area contributed by atoms with Gasteiger partial charge in [-0.1, -0.05) is 18.3 Å². The number of aryl methyl sites for hydroxylation is 1. The summed E-state index contributed by atoms with van der Waals surface area (Å²) in [5, 5.41) is 4.64. The van der Waals surface area contributed by atoms with Gasteiger partial charge in [-0.15, -0.1) is 0 Å². The average molecular weight is 353 g/mol. The number of carbonyl (C=O) groups excluding carboxylic acids is 1. The molecule has 1 aliphatic rings. The molecule has 0 aromatic carbocycles. The molecule has 130 valence electrons. The van der Waals surface area contributed by atoms with Crippen molar-refractivity contribution in [3.05, 3.63) is 11.2 Å². The monoisotopic (exact) mass is 353 g/mol. The van der Waals surface area contributed by atoms with Crippen molar-refractivity contribution in [2.75, 3.05) is 24.6 Å². The van der Waals surface area contributed by atoms with E-state index in [9.17, 15) is 9.18 Å². The van der Waals surface area contributed by atoms with Crippen molar-refractivity contribution in [1.29, 1.82) is 0 Å². The zero-order chi connectivity index (χ0) is 17.3. The molecule has 9 heteroatoms. The predicted molar refractivity (Wildman–Crippen MR) is 89.0 cm³/mol. The zero-order valence-corrected chi connectivity index (χ0v) is 14.7. The fourth-order valence-electron chi connectivity index (χ4n) is 2.64. The van der Waals surface area contributed by atoms with Gasteiger partial charge < -0.3 is 9.64 Å². The normalized spacial score (nSPS) is 21.1. The molecular formula is C15H20FN5O2S. The Morgan fingerprint density at radius 2 is 2.33 bits per heavy atom. The highest BCUT2D eigenvalue weighted by Crippen LogP contribution is 2.35. The molecule has 0 saturated carbocycles. The minimum absolute atomic E-state index is 0.0453. The van der Waals surface area contributed by atoms with E-state index >= 15 is 0 Å². The molecule has 0 N–H and O–H groups in total. The number of aromatic nitrogens is 4. The van der Waals surface area contributed by atoms with Crippen LogP contribution in [0.5, 0.6) is 0 Å². The number of nitrogens with zero attached hydrogens (tertiary/aromatic N) is 5. The van der Waals surface area contributed by atoms with Crippen molar-refractivity contribution in [3.8, 4) is 11.5 Å². The largest absolute Gasteiger partial charge is 0.462 e. The number of halogens is 1. The van der Waals surface area contributed by atoms with Crippen LogP contribution in [0.25, 0.3) is 11.5 Å². The summed E-state index contributed by atoms with van der Waals surface area (Å²) in [5.41, 5.74) is 0.433. The van der Waals surface area contributed by atoms with Crippen LogP contribution in [0.3, 0.4) is 0 Å². The zero-order valence-electron chi connectivity index (χ0n) is 13.9. The van der Waals surface area contributed by atoms with Gasteiger partial charge in [0.2, 0.25) is 0 Å². The Morgan fingerprint density at radius 1 is 1.54 bits per heavy atom. The van der Waals surface area contributed by atoms with E-state index in [1.165, 1.54) is 17.7 Å². The Bertz CT molecular complexity index is 731. The maximum Gasteiger partial charge on any atom is 0.350 e. The third kappa shape index (κ3) is 3.12. The molecule has 2 atom stereocenters. The predicted octanol–water partition coefficient (Wildman–Crippen LogP) is 2.30. The van der Waals surface area contributed by atoms with Crippen LogP contribution in [-0.2, 0) is 11.8 Å². The van der Waals surface area contributed by atoms with E-state index in [0.717, 1.165) is 13.0 Å². The van der Waals surface area contributed by atoms with Gasteiger partial charge in [-0.2, -0.15) is 5.10 Å². The second-order valence-electron chi connectivity index (χ2n) is 5.83. The van der Waals surface area contributed by atoms with E-state index in [2.05, 4.69) is 15.1 Å². The molecule has 7 nitrogen and oxygen atoms in total. The smallest absolute Gasteiger partial charge is 0.350 e. The molecule has 3 rings (SSSR count). The highest BCUT2D eigenvalue weighted by atomic mass is 32.1. The second-order valence-corrected chi connectivity index (χ2v) is 6.81. The van der Waals surface area contributed by atoms with Crippen LogP contribution in [0.15, 0.2) is 6.33 Å². The van der Waals surface area contributed by atoms with Gasteiger partial charge in [-0.3, -0.25) is 0 Å². The molecule has 0 unspecified atom stereocenters. The topological polar surface area (TPSA) is 73.1 Å². The fourth-order valence-corrected chi connectivity index (χ4v) is 3.63. The molecule has 24 heavy (non-hydrogen) atoms. The Morgan fingerprint density at radius 3 is 2.96 bits per heavy atom. The van der Waals surface area contributed by atoms with Gasteiger partial charge in [0.1, 0.15) is 23.1 Å². The van der Waals surface area contributed by atoms with Crippen molar-refractivity contribution in [2.45, 2.75) is 26.4 Å². The number of anilines is 1. The number of carbonyl (C=O) groups is 1. The van der Waals surface area contributed by atoms with E-state index in [-0.39, 0.29) is 19.1 Å². The Labute approximate surface area is 143 Å². The Balaban J connectivity index is 1.97. The number of hydrogen-bond acceptors (Lipinski definition) is 7. The third-order valence-corrected chi connectivity index (χ3v) is 5.23. The van der Waals surface area contributed by atoms with Crippen LogP contribution in [0.1, 0.15) is 29.9 Å². The molecule has 0 bridgehead atoms. The molecule has 0 spiro atoms. The summed E-state index contributed by atoms with van der Waals surface area (Å²) in [6.07, 6.45) is 1.27. The van der Waals surface area contributed by atoms with E-state index in [0.29, 0.717) is 21.5 Å². The number of esters is 1. The first-order chi connectivity index (χ1) is 11.5. The van der Waals surface area contributed by atoms with Crippen LogP contribution in [0, 0.1) is 5.92 Å². The van der Waals surface area contributed by atoms with Crippen LogP contribution >= 0.6 is 11.3 Å². The Hall–Kier alpha value is -2.03. The van der Waals surface area contributed by atoms with Crippen LogP contribution in [-0.4, -0.2) is 51.6 Å². The van der Waals surface area contributed by atoms with E-state index in [1.54, 1.807) is 18.7 Å². The number of ether oxygens (including phenoxy) is 1. The fraction of sp³-hybridized carbons (Fsp3) is 0.600. The first-order valence-electron chi connectivity index (χ1n) is 7.92. The lowest BCUT2D eigenvalue weighted by atomic mass is 9.98. The van der Waals surface area contributed by atoms with Crippen molar-refractivity contribution in [3.63, 3.8) is 0 Å². The highest BCUT2D eigenvalue weighted by Gasteiger charge is 2.30. The first-order valence-corrected chi connectivity index (χ1v) is 8.74. The van der Waals surface area contributed by atoms with E-state index < -0.39 is 12.1 Å². The van der Waals surface area contributed by atoms with Gasteiger partial charge in [-0.05, 0) is 19.3 Å². The lowest BCUT2D eigenvalue weighted by Gasteiger charge is -2.32. The summed E-state index contributed by atoms with van der Waals surface area (Å²) in [4.78, 5) is 23.3. The maximum atomic E-state index is 14.1. The average Bonchev–Trinajstić information content (AvgIpc) is 3.16. The molecule has 2 aromatic heterocycles. The molecule has 1 fully saturated rings. The van der Waals surface area contributed by atoms with E-state index in [4.69, 9.17) is 4.74 Å². The van der Waals surface area contributed by atoms with Crippen molar-refractivity contribution >= 4 is 22.4 Å². The van der Waals surface area contributed by atoms with Gasteiger partial charge in [0, 0.05) is 13.6 Å². The van der Waals surface area contributed by atoms with Gasteiger partial charge in [0.25, 0.3) is 0 Å². The molecule has 3 heterocycles. The van der Waals surface area contributed by atoms with Gasteiger partial charge >= 0.3 is 5.97 Å². The summed E-state index contributed by atoms with van der Waals surface area (Å²) in [6.45, 7) is 4.95. The minimum atomic E-state index is -0.896. The molecule has 0 aliphatic carbocycles. The molecule has 1 saturated heterocycles. The van der Waals surface area contributed by atoms with Crippen LogP contribution in [0.4, 0.5) is 9.52 Å². The third-order valence-electron chi connectivity index (χ3n) is 4.14.